The average Bonchev–Trinajstić information content (AvgIpc) is 3.46. The van der Waals surface area contributed by atoms with E-state index in [1.807, 2.05) is 0 Å². The molecule has 1 heterocycles. The first-order chi connectivity index (χ1) is 21.2. The Balaban J connectivity index is 1.85. The van der Waals surface area contributed by atoms with E-state index in [9.17, 15) is 29.1 Å². The van der Waals surface area contributed by atoms with Crippen molar-refractivity contribution in [2.45, 2.75) is 76.2 Å². The third-order valence-electron chi connectivity index (χ3n) is 8.27. The lowest BCUT2D eigenvalue weighted by Crippen LogP contribution is -2.72. The van der Waals surface area contributed by atoms with Crippen molar-refractivity contribution in [2.24, 2.45) is 11.5 Å². The fourth-order valence-corrected chi connectivity index (χ4v) is 5.98. The number of quaternary nitrogens is 1. The molecule has 1 fully saturated rings. The summed E-state index contributed by atoms with van der Waals surface area (Å²) in [5.41, 5.74) is 11.9. The maximum atomic E-state index is 14.2. The summed E-state index contributed by atoms with van der Waals surface area (Å²) in [6, 6.07) is 12.3. The maximum Gasteiger partial charge on any atom is 0.345 e. The molecule has 1 aliphatic heterocycles. The summed E-state index contributed by atoms with van der Waals surface area (Å²) in [5.74, 6) is -3.26. The minimum absolute atomic E-state index is 0.0355. The highest BCUT2D eigenvalue weighted by Crippen LogP contribution is 2.38. The van der Waals surface area contributed by atoms with Gasteiger partial charge in [-0.15, -0.1) is 0 Å². The van der Waals surface area contributed by atoms with Crippen molar-refractivity contribution in [3.63, 3.8) is 0 Å². The molecule has 2 aromatic carbocycles. The van der Waals surface area contributed by atoms with Gasteiger partial charge in [-0.2, -0.15) is 0 Å². The average molecular weight is 626 g/mol. The van der Waals surface area contributed by atoms with E-state index in [4.69, 9.17) is 16.2 Å². The van der Waals surface area contributed by atoms with Crippen LogP contribution in [0.15, 0.2) is 54.6 Å². The van der Waals surface area contributed by atoms with Gasteiger partial charge in [0.05, 0.1) is 24.5 Å². The fraction of sp³-hybridized carbons (Fsp3) is 0.469. The molecule has 0 radical (unpaired) electrons. The number of likely N-dealkylation sites (tertiary alicyclic amines) is 1. The Morgan fingerprint density at radius 1 is 1.00 bits per heavy atom. The van der Waals surface area contributed by atoms with E-state index in [0.717, 1.165) is 5.69 Å². The quantitative estimate of drug-likeness (QED) is 0.161. The standard InChI is InChI=1S/C32H44N6O7/c1-32(2,3)38(16-8-11-25(38)29(34)42)31(44)28(41)23(17-20-9-6-5-7-10-20)37-30(43)24(18-26(33)39)36-27(40)19-45-22-14-12-21(35-4)13-15-22/h5-7,9-10,12-15,23-25,28,35,41H,8,11,16-19H2,1-4H3,(H5-,33,34,36,37,39,40,42,43)/p+1/t23-,24-,25-,28-,38?/m0/s1. The van der Waals surface area contributed by atoms with Gasteiger partial charge in [0.2, 0.25) is 11.8 Å². The molecule has 45 heavy (non-hydrogen) atoms. The van der Waals surface area contributed by atoms with Crippen molar-refractivity contribution >= 4 is 35.2 Å². The van der Waals surface area contributed by atoms with Crippen LogP contribution in [-0.2, 0) is 30.4 Å². The van der Waals surface area contributed by atoms with Gasteiger partial charge in [-0.05, 0) is 57.0 Å². The van der Waals surface area contributed by atoms with Gasteiger partial charge in [-0.1, -0.05) is 30.3 Å². The number of ether oxygens (including phenoxy) is 1. The van der Waals surface area contributed by atoms with E-state index >= 15 is 0 Å². The number of aliphatic hydroxyl groups is 1. The van der Waals surface area contributed by atoms with Crippen molar-refractivity contribution in [1.29, 1.82) is 0 Å². The summed E-state index contributed by atoms with van der Waals surface area (Å²) in [4.78, 5) is 64.9. The van der Waals surface area contributed by atoms with Gasteiger partial charge in [0.1, 0.15) is 11.8 Å². The zero-order valence-corrected chi connectivity index (χ0v) is 26.2. The number of nitrogens with one attached hydrogen (secondary N) is 3. The van der Waals surface area contributed by atoms with Crippen LogP contribution in [0.1, 0.15) is 45.6 Å². The predicted octanol–water partition coefficient (Wildman–Crippen LogP) is 0.345. The van der Waals surface area contributed by atoms with E-state index in [1.54, 1.807) is 82.4 Å². The summed E-state index contributed by atoms with van der Waals surface area (Å²) in [6.45, 7) is 5.25. The van der Waals surface area contributed by atoms with Crippen molar-refractivity contribution in [3.05, 3.63) is 60.2 Å². The van der Waals surface area contributed by atoms with E-state index in [-0.39, 0.29) is 17.4 Å². The smallest absolute Gasteiger partial charge is 0.345 e. The van der Waals surface area contributed by atoms with Crippen molar-refractivity contribution in [3.8, 4) is 5.75 Å². The number of hydrogen-bond acceptors (Lipinski definition) is 8. The third kappa shape index (κ3) is 8.58. The lowest BCUT2D eigenvalue weighted by atomic mass is 9.93. The fourth-order valence-electron chi connectivity index (χ4n) is 5.98. The molecule has 5 amide bonds. The van der Waals surface area contributed by atoms with Gasteiger partial charge in [0, 0.05) is 25.6 Å². The number of hydrogen-bond donors (Lipinski definition) is 6. The Hall–Kier alpha value is -4.49. The molecule has 3 rings (SSSR count). The van der Waals surface area contributed by atoms with Crippen LogP contribution in [0.2, 0.25) is 0 Å². The summed E-state index contributed by atoms with van der Waals surface area (Å²) >= 11 is 0. The number of aliphatic hydroxyl groups excluding tert-OH is 1. The van der Waals surface area contributed by atoms with Crippen LogP contribution in [0.5, 0.6) is 5.75 Å². The number of amides is 5. The van der Waals surface area contributed by atoms with E-state index < -0.39 is 72.3 Å². The van der Waals surface area contributed by atoms with Crippen LogP contribution in [-0.4, -0.2) is 89.1 Å². The summed E-state index contributed by atoms with van der Waals surface area (Å²) in [6.07, 6.45) is -1.33. The second-order valence-corrected chi connectivity index (χ2v) is 12.3. The number of carbonyl (C=O) groups is 5. The van der Waals surface area contributed by atoms with Gasteiger partial charge in [0.15, 0.2) is 18.8 Å². The first kappa shape index (κ1) is 35.0. The van der Waals surface area contributed by atoms with Gasteiger partial charge in [0.25, 0.3) is 11.8 Å². The van der Waals surface area contributed by atoms with Gasteiger partial charge < -0.3 is 37.3 Å². The van der Waals surface area contributed by atoms with Gasteiger partial charge in [-0.25, -0.2) is 9.28 Å². The first-order valence-electron chi connectivity index (χ1n) is 14.9. The summed E-state index contributed by atoms with van der Waals surface area (Å²) in [5, 5.41) is 19.7. The molecule has 0 saturated carbocycles. The number of carbonyl (C=O) groups excluding carboxylic acids is 5. The molecule has 0 aliphatic carbocycles. The van der Waals surface area contributed by atoms with Crippen LogP contribution in [0.25, 0.3) is 0 Å². The Bertz CT molecular complexity index is 1360. The molecule has 5 atom stereocenters. The Kier molecular flexibility index (Phi) is 11.7. The molecule has 2 aromatic rings. The molecule has 1 saturated heterocycles. The van der Waals surface area contributed by atoms with E-state index in [2.05, 4.69) is 16.0 Å². The summed E-state index contributed by atoms with van der Waals surface area (Å²) in [7, 11) is 1.76. The van der Waals surface area contributed by atoms with E-state index in [0.29, 0.717) is 24.2 Å². The molecule has 13 nitrogen and oxygen atoms in total. The minimum atomic E-state index is -1.76. The third-order valence-corrected chi connectivity index (χ3v) is 8.27. The number of rotatable bonds is 14. The van der Waals surface area contributed by atoms with Crippen LogP contribution < -0.4 is 32.2 Å². The molecular weight excluding hydrogens is 580 g/mol. The topological polar surface area (TPSA) is 203 Å². The monoisotopic (exact) mass is 625 g/mol. The Labute approximate surface area is 263 Å². The number of nitrogens with two attached hydrogens (primary N) is 2. The second kappa shape index (κ2) is 15.0. The normalized spacial score (nSPS) is 19.9. The van der Waals surface area contributed by atoms with Crippen molar-refractivity contribution in [2.75, 3.05) is 25.5 Å². The number of nitrogens with zero attached hydrogens (tertiary/aromatic N) is 1. The highest BCUT2D eigenvalue weighted by molar-refractivity contribution is 5.92. The molecular formula is C32H45N6O7+. The SMILES string of the molecule is CNc1ccc(OCC(=O)N[C@@H](CC(N)=O)C(=O)N[C@@H](Cc2ccccc2)[C@H](O)C(=O)[N+]2(C(C)(C)C)CCC[C@H]2C(N)=O)cc1. The first-order valence-corrected chi connectivity index (χ1v) is 14.9. The lowest BCUT2D eigenvalue weighted by Gasteiger charge is -2.47. The zero-order chi connectivity index (χ0) is 33.4. The van der Waals surface area contributed by atoms with Crippen LogP contribution in [0.4, 0.5) is 5.69 Å². The van der Waals surface area contributed by atoms with Crippen molar-refractivity contribution in [1.82, 2.24) is 10.6 Å². The number of benzene rings is 2. The number of anilines is 1. The van der Waals surface area contributed by atoms with E-state index in [1.165, 1.54) is 0 Å². The largest absolute Gasteiger partial charge is 0.484 e. The zero-order valence-electron chi connectivity index (χ0n) is 26.2. The molecule has 0 spiro atoms. The maximum absolute atomic E-state index is 14.2. The van der Waals surface area contributed by atoms with Crippen molar-refractivity contribution < 1.29 is 38.3 Å². The molecule has 0 aromatic heterocycles. The summed E-state index contributed by atoms with van der Waals surface area (Å²) < 4.78 is 5.12. The van der Waals surface area contributed by atoms with Crippen LogP contribution in [0.3, 0.4) is 0 Å². The molecule has 244 valence electrons. The second-order valence-electron chi connectivity index (χ2n) is 12.3. The van der Waals surface area contributed by atoms with Crippen LogP contribution in [0, 0.1) is 0 Å². The van der Waals surface area contributed by atoms with Gasteiger partial charge >= 0.3 is 5.91 Å². The van der Waals surface area contributed by atoms with Gasteiger partial charge in [-0.3, -0.25) is 19.2 Å². The minimum Gasteiger partial charge on any atom is -0.484 e. The molecule has 1 aliphatic rings. The molecule has 8 N–H and O–H groups in total. The lowest BCUT2D eigenvalue weighted by molar-refractivity contribution is -0.904. The predicted molar refractivity (Wildman–Crippen MR) is 167 cm³/mol. The van der Waals surface area contributed by atoms with Crippen LogP contribution >= 0.6 is 0 Å². The molecule has 1 unspecified atom stereocenters. The Morgan fingerprint density at radius 3 is 2.20 bits per heavy atom. The number of primary amides is 2. The molecule has 13 heteroatoms. The Morgan fingerprint density at radius 2 is 1.64 bits per heavy atom. The highest BCUT2D eigenvalue weighted by Gasteiger charge is 2.60. The highest BCUT2D eigenvalue weighted by atomic mass is 16.5. The molecule has 0 bridgehead atoms.